The van der Waals surface area contributed by atoms with Gasteiger partial charge < -0.3 is 0 Å². The van der Waals surface area contributed by atoms with Crippen molar-refractivity contribution < 1.29 is 0 Å². The van der Waals surface area contributed by atoms with E-state index in [1.54, 1.807) is 0 Å². The van der Waals surface area contributed by atoms with E-state index in [-0.39, 0.29) is 0 Å². The molecule has 102 valence electrons. The van der Waals surface area contributed by atoms with Gasteiger partial charge in [0.25, 0.3) is 0 Å². The van der Waals surface area contributed by atoms with Gasteiger partial charge in [-0.3, -0.25) is 4.90 Å². The highest BCUT2D eigenvalue weighted by atomic mass is 15.2. The number of aromatic nitrogens is 1. The molecular formula is C18H20N2. The number of para-hydroxylation sites is 1. The summed E-state index contributed by atoms with van der Waals surface area (Å²) in [5, 5.41) is 1.23. The molecule has 3 heterocycles. The number of fused-ring (bicyclic) bond motifs is 3. The summed E-state index contributed by atoms with van der Waals surface area (Å²) in [6.07, 6.45) is 7.60. The normalized spacial score (nSPS) is 26.6. The lowest BCUT2D eigenvalue weighted by molar-refractivity contribution is 0.137. The van der Waals surface area contributed by atoms with Gasteiger partial charge in [-0.1, -0.05) is 36.8 Å². The number of rotatable bonds is 1. The molecule has 1 fully saturated rings. The Balaban J connectivity index is 1.75. The summed E-state index contributed by atoms with van der Waals surface area (Å²) < 4.78 is 0. The van der Waals surface area contributed by atoms with E-state index in [1.165, 1.54) is 35.9 Å². The van der Waals surface area contributed by atoms with E-state index in [9.17, 15) is 0 Å². The van der Waals surface area contributed by atoms with Crippen molar-refractivity contribution in [2.24, 2.45) is 0 Å². The molecule has 2 aliphatic heterocycles. The van der Waals surface area contributed by atoms with Crippen LogP contribution in [0.2, 0.25) is 0 Å². The zero-order valence-electron chi connectivity index (χ0n) is 11.9. The molecule has 0 radical (unpaired) electrons. The van der Waals surface area contributed by atoms with Crippen molar-refractivity contribution in [2.75, 3.05) is 7.05 Å². The summed E-state index contributed by atoms with van der Waals surface area (Å²) in [5.41, 5.74) is 3.73. The number of hydrogen-bond acceptors (Lipinski definition) is 2. The minimum atomic E-state index is 0.616. The van der Waals surface area contributed by atoms with Gasteiger partial charge in [-0.25, -0.2) is 4.98 Å². The van der Waals surface area contributed by atoms with Gasteiger partial charge in [0.2, 0.25) is 0 Å². The van der Waals surface area contributed by atoms with Crippen molar-refractivity contribution in [2.45, 2.75) is 37.8 Å². The Labute approximate surface area is 120 Å². The molecule has 2 aliphatic rings. The maximum atomic E-state index is 4.86. The topological polar surface area (TPSA) is 16.1 Å². The van der Waals surface area contributed by atoms with E-state index in [0.29, 0.717) is 12.1 Å². The molecule has 2 bridgehead atoms. The first-order valence-corrected chi connectivity index (χ1v) is 7.60. The molecular weight excluding hydrogens is 244 g/mol. The number of nitrogens with zero attached hydrogens (tertiary/aromatic N) is 2. The lowest BCUT2D eigenvalue weighted by atomic mass is 9.84. The van der Waals surface area contributed by atoms with Gasteiger partial charge in [0.1, 0.15) is 0 Å². The molecule has 2 heteroatoms. The molecule has 0 spiro atoms. The summed E-state index contributed by atoms with van der Waals surface area (Å²) in [5.74, 6) is 0. The molecule has 20 heavy (non-hydrogen) atoms. The van der Waals surface area contributed by atoms with Gasteiger partial charge in [0.15, 0.2) is 0 Å². The summed E-state index contributed by atoms with van der Waals surface area (Å²) in [4.78, 5) is 7.41. The average molecular weight is 264 g/mol. The van der Waals surface area contributed by atoms with Crippen LogP contribution in [-0.2, 0) is 0 Å². The number of hydrogen-bond donors (Lipinski definition) is 0. The van der Waals surface area contributed by atoms with Crippen molar-refractivity contribution in [1.29, 1.82) is 0 Å². The third-order valence-electron chi connectivity index (χ3n) is 4.91. The summed E-state index contributed by atoms with van der Waals surface area (Å²) in [6.45, 7) is 0. The maximum Gasteiger partial charge on any atom is 0.0709 e. The van der Waals surface area contributed by atoms with E-state index in [1.807, 2.05) is 0 Å². The van der Waals surface area contributed by atoms with Crippen LogP contribution in [-0.4, -0.2) is 29.0 Å². The van der Waals surface area contributed by atoms with Crippen LogP contribution in [0.4, 0.5) is 0 Å². The van der Waals surface area contributed by atoms with Gasteiger partial charge >= 0.3 is 0 Å². The number of benzene rings is 1. The van der Waals surface area contributed by atoms with Crippen molar-refractivity contribution in [3.05, 3.63) is 48.2 Å². The second-order valence-electron chi connectivity index (χ2n) is 6.10. The molecule has 4 rings (SSSR count). The summed E-state index contributed by atoms with van der Waals surface area (Å²) >= 11 is 0. The van der Waals surface area contributed by atoms with Gasteiger partial charge in [-0.05, 0) is 44.0 Å². The van der Waals surface area contributed by atoms with Gasteiger partial charge in [-0.15, -0.1) is 0 Å². The first-order chi connectivity index (χ1) is 9.81. The van der Waals surface area contributed by atoms with E-state index >= 15 is 0 Å². The number of likely N-dealkylation sites (N-methyl/N-ethyl adjacent to an activating group) is 1. The Kier molecular flexibility index (Phi) is 2.85. The molecule has 1 aromatic carbocycles. The van der Waals surface area contributed by atoms with Crippen molar-refractivity contribution in [3.63, 3.8) is 0 Å². The predicted molar refractivity (Wildman–Crippen MR) is 83.5 cm³/mol. The lowest BCUT2D eigenvalue weighted by Crippen LogP contribution is -2.45. The Bertz CT molecular complexity index is 674. The Morgan fingerprint density at radius 1 is 1.10 bits per heavy atom. The van der Waals surface area contributed by atoms with E-state index in [2.05, 4.69) is 54.4 Å². The van der Waals surface area contributed by atoms with Crippen LogP contribution in [0.15, 0.2) is 42.5 Å². The fourth-order valence-corrected chi connectivity index (χ4v) is 3.68. The van der Waals surface area contributed by atoms with Gasteiger partial charge in [-0.2, -0.15) is 0 Å². The minimum absolute atomic E-state index is 0.616. The van der Waals surface area contributed by atoms with Crippen LogP contribution in [0, 0.1) is 0 Å². The molecule has 2 atom stereocenters. The highest BCUT2D eigenvalue weighted by Crippen LogP contribution is 2.35. The monoisotopic (exact) mass is 264 g/mol. The van der Waals surface area contributed by atoms with E-state index in [4.69, 9.17) is 4.98 Å². The van der Waals surface area contributed by atoms with Crippen molar-refractivity contribution in [1.82, 2.24) is 9.88 Å². The van der Waals surface area contributed by atoms with Crippen LogP contribution in [0.3, 0.4) is 0 Å². The van der Waals surface area contributed by atoms with Crippen molar-refractivity contribution in [3.8, 4) is 0 Å². The zero-order valence-corrected chi connectivity index (χ0v) is 11.9. The third kappa shape index (κ3) is 1.95. The van der Waals surface area contributed by atoms with Crippen molar-refractivity contribution >= 4 is 16.5 Å². The second-order valence-corrected chi connectivity index (χ2v) is 6.10. The number of pyridine rings is 1. The average Bonchev–Trinajstić information content (AvgIpc) is 2.46. The second kappa shape index (κ2) is 4.71. The first-order valence-electron chi connectivity index (χ1n) is 7.60. The Hall–Kier alpha value is -1.67. The molecule has 1 aromatic heterocycles. The lowest BCUT2D eigenvalue weighted by Gasteiger charge is -2.42. The van der Waals surface area contributed by atoms with Gasteiger partial charge in [0.05, 0.1) is 11.2 Å². The molecule has 0 N–H and O–H groups in total. The molecule has 0 saturated carbocycles. The molecule has 1 saturated heterocycles. The summed E-state index contributed by atoms with van der Waals surface area (Å²) in [7, 11) is 2.27. The highest BCUT2D eigenvalue weighted by molar-refractivity contribution is 5.81. The zero-order chi connectivity index (χ0) is 13.5. The van der Waals surface area contributed by atoms with E-state index < -0.39 is 0 Å². The smallest absolute Gasteiger partial charge is 0.0709 e. The molecule has 2 unspecified atom stereocenters. The van der Waals surface area contributed by atoms with Crippen LogP contribution in [0.5, 0.6) is 0 Å². The fraction of sp³-hybridized carbons (Fsp3) is 0.389. The van der Waals surface area contributed by atoms with Crippen LogP contribution < -0.4 is 0 Å². The number of piperidine rings is 1. The first kappa shape index (κ1) is 12.1. The highest BCUT2D eigenvalue weighted by Gasteiger charge is 2.31. The van der Waals surface area contributed by atoms with Crippen LogP contribution in [0.1, 0.15) is 31.4 Å². The predicted octanol–water partition coefficient (Wildman–Crippen LogP) is 3.87. The fourth-order valence-electron chi connectivity index (χ4n) is 3.68. The summed E-state index contributed by atoms with van der Waals surface area (Å²) in [6, 6.07) is 14.1. The van der Waals surface area contributed by atoms with Gasteiger partial charge in [0, 0.05) is 17.5 Å². The molecule has 0 amide bonds. The van der Waals surface area contributed by atoms with E-state index in [0.717, 1.165) is 11.9 Å². The Morgan fingerprint density at radius 3 is 2.90 bits per heavy atom. The third-order valence-corrected chi connectivity index (χ3v) is 4.91. The SMILES string of the molecule is CN1C2C=C(c3ccc4ccccc4n3)CC1CCC2. The quantitative estimate of drug-likeness (QED) is 0.777. The van der Waals surface area contributed by atoms with Crippen LogP contribution in [0.25, 0.3) is 16.5 Å². The standard InChI is InChI=1S/C18H20N2/c1-20-15-6-4-7-16(20)12-14(11-15)18-10-9-13-5-2-3-8-17(13)19-18/h2-3,5,8-11,15-16H,4,6-7,12H2,1H3. The maximum absolute atomic E-state index is 4.86. The molecule has 2 aromatic rings. The molecule has 0 aliphatic carbocycles. The van der Waals surface area contributed by atoms with Crippen LogP contribution >= 0.6 is 0 Å². The minimum Gasteiger partial charge on any atom is -0.297 e. The Morgan fingerprint density at radius 2 is 2.00 bits per heavy atom. The molecule has 2 nitrogen and oxygen atoms in total. The largest absolute Gasteiger partial charge is 0.297 e.